The highest BCUT2D eigenvalue weighted by Crippen LogP contribution is 2.39. The van der Waals surface area contributed by atoms with Crippen LogP contribution in [0, 0.1) is 0 Å². The van der Waals surface area contributed by atoms with Crippen LogP contribution in [0.15, 0.2) is 29.1 Å². The van der Waals surface area contributed by atoms with E-state index < -0.39 is 17.1 Å². The third-order valence-corrected chi connectivity index (χ3v) is 6.41. The number of carbonyl (C=O) groups excluding carboxylic acids is 1. The number of esters is 1. The molecule has 0 spiro atoms. The molecule has 0 radical (unpaired) electrons. The molecule has 0 bridgehead atoms. The van der Waals surface area contributed by atoms with Gasteiger partial charge in [-0.1, -0.05) is 6.92 Å². The Kier molecular flexibility index (Phi) is 6.52. The normalized spacial score (nSPS) is 18.3. The first-order valence-corrected chi connectivity index (χ1v) is 10.6. The van der Waals surface area contributed by atoms with Crippen LogP contribution >= 0.6 is 24.8 Å². The molecule has 1 unspecified atom stereocenters. The summed E-state index contributed by atoms with van der Waals surface area (Å²) >= 11 is 0. The van der Waals surface area contributed by atoms with Gasteiger partial charge in [-0.15, -0.1) is 24.8 Å². The summed E-state index contributed by atoms with van der Waals surface area (Å²) in [7, 11) is 0. The molecule has 0 amide bonds. The molecular formula is C24H27Cl2N3O5. The van der Waals surface area contributed by atoms with Crippen LogP contribution in [0.2, 0.25) is 0 Å². The molecule has 1 aromatic carbocycles. The second-order valence-electron chi connectivity index (χ2n) is 9.39. The van der Waals surface area contributed by atoms with Crippen molar-refractivity contribution in [1.82, 2.24) is 9.55 Å². The first-order valence-electron chi connectivity index (χ1n) is 10.6. The van der Waals surface area contributed by atoms with Gasteiger partial charge in [0.25, 0.3) is 5.56 Å². The molecule has 8 nitrogen and oxygen atoms in total. The Morgan fingerprint density at radius 3 is 2.59 bits per heavy atom. The summed E-state index contributed by atoms with van der Waals surface area (Å²) in [4.78, 5) is 30.4. The number of rotatable bonds is 3. The van der Waals surface area contributed by atoms with E-state index in [9.17, 15) is 19.8 Å². The van der Waals surface area contributed by atoms with Gasteiger partial charge in [-0.05, 0) is 51.0 Å². The van der Waals surface area contributed by atoms with Gasteiger partial charge in [0.05, 0.1) is 29.0 Å². The number of aromatic nitrogens is 2. The molecule has 10 heteroatoms. The van der Waals surface area contributed by atoms with E-state index in [1.165, 1.54) is 0 Å². The van der Waals surface area contributed by atoms with E-state index in [0.29, 0.717) is 46.6 Å². The molecular weight excluding hydrogens is 481 g/mol. The standard InChI is InChI=1S/C24H25N3O5.2ClH/c1-4-24(31)16-8-18-20-12(10-27(18)21(29)15(16)11-32-22(24)30)7-13-14(9-23(2,3)25)19(28)6-5-17(13)26-20;;/h5-8,28,31H,4,9-11,25H2,1-3H3;2*1H. The third-order valence-electron chi connectivity index (χ3n) is 6.41. The molecule has 3 aromatic rings. The molecule has 0 fully saturated rings. The fourth-order valence-corrected chi connectivity index (χ4v) is 4.74. The highest BCUT2D eigenvalue weighted by Gasteiger charge is 2.45. The minimum atomic E-state index is -1.85. The van der Waals surface area contributed by atoms with E-state index in [1.54, 1.807) is 29.7 Å². The Morgan fingerprint density at radius 2 is 1.94 bits per heavy atom. The SMILES string of the molecule is CCC1(O)C(=O)OCc2c1cc1n(c2=O)Cc2cc3c(CC(C)(C)N)c(O)ccc3nc2-1.Cl.Cl. The maximum atomic E-state index is 13.3. The minimum Gasteiger partial charge on any atom is -0.508 e. The number of pyridine rings is 2. The number of benzene rings is 1. The van der Waals surface area contributed by atoms with Crippen molar-refractivity contribution in [3.05, 3.63) is 56.9 Å². The molecule has 1 atom stereocenters. The number of phenolic OH excluding ortho intramolecular Hbond substituents is 1. The number of cyclic esters (lactones) is 1. The van der Waals surface area contributed by atoms with Crippen molar-refractivity contribution >= 4 is 41.7 Å². The summed E-state index contributed by atoms with van der Waals surface area (Å²) in [5.74, 6) is -0.587. The number of hydrogen-bond acceptors (Lipinski definition) is 7. The van der Waals surface area contributed by atoms with E-state index in [4.69, 9.17) is 15.5 Å². The fourth-order valence-electron chi connectivity index (χ4n) is 4.74. The van der Waals surface area contributed by atoms with Gasteiger partial charge in [-0.2, -0.15) is 0 Å². The number of ether oxygens (including phenoxy) is 1. The highest BCUT2D eigenvalue weighted by atomic mass is 35.5. The van der Waals surface area contributed by atoms with Crippen molar-refractivity contribution in [2.75, 3.05) is 0 Å². The molecule has 0 saturated heterocycles. The Bertz CT molecular complexity index is 1380. The van der Waals surface area contributed by atoms with Gasteiger partial charge in [0, 0.05) is 27.6 Å². The van der Waals surface area contributed by atoms with Gasteiger partial charge in [0.2, 0.25) is 0 Å². The van der Waals surface area contributed by atoms with Gasteiger partial charge >= 0.3 is 5.97 Å². The molecule has 5 rings (SSSR count). The van der Waals surface area contributed by atoms with Crippen LogP contribution in [0.4, 0.5) is 0 Å². The zero-order chi connectivity index (χ0) is 23.0. The Labute approximate surface area is 208 Å². The lowest BCUT2D eigenvalue weighted by Crippen LogP contribution is -2.44. The van der Waals surface area contributed by atoms with Gasteiger partial charge in [0.15, 0.2) is 5.60 Å². The van der Waals surface area contributed by atoms with E-state index in [-0.39, 0.29) is 49.2 Å². The van der Waals surface area contributed by atoms with Crippen LogP contribution in [-0.2, 0) is 34.7 Å². The Hall–Kier alpha value is -2.65. The van der Waals surface area contributed by atoms with Crippen LogP contribution in [-0.4, -0.2) is 31.3 Å². The quantitative estimate of drug-likeness (QED) is 0.363. The number of aromatic hydroxyl groups is 1. The fraction of sp³-hybridized carbons (Fsp3) is 0.375. The summed E-state index contributed by atoms with van der Waals surface area (Å²) in [6.07, 6.45) is 0.554. The van der Waals surface area contributed by atoms with Crippen LogP contribution in [0.25, 0.3) is 22.3 Å². The van der Waals surface area contributed by atoms with E-state index in [1.807, 2.05) is 19.9 Å². The average Bonchev–Trinajstić information content (AvgIpc) is 3.09. The predicted octanol–water partition coefficient (Wildman–Crippen LogP) is 2.91. The second kappa shape index (κ2) is 8.53. The molecule has 2 aromatic heterocycles. The molecule has 34 heavy (non-hydrogen) atoms. The molecule has 4 heterocycles. The van der Waals surface area contributed by atoms with Crippen LogP contribution in [0.3, 0.4) is 0 Å². The molecule has 2 aliphatic heterocycles. The summed E-state index contributed by atoms with van der Waals surface area (Å²) in [6, 6.07) is 6.97. The van der Waals surface area contributed by atoms with Gasteiger partial charge in [-0.25, -0.2) is 9.78 Å². The number of fused-ring (bicyclic) bond motifs is 5. The molecule has 0 saturated carbocycles. The van der Waals surface area contributed by atoms with E-state index in [0.717, 1.165) is 10.9 Å². The highest BCUT2D eigenvalue weighted by molar-refractivity contribution is 5.89. The van der Waals surface area contributed by atoms with Crippen LogP contribution in [0.1, 0.15) is 49.4 Å². The third kappa shape index (κ3) is 3.75. The Morgan fingerprint density at radius 1 is 1.24 bits per heavy atom. The van der Waals surface area contributed by atoms with Crippen LogP contribution in [0.5, 0.6) is 5.75 Å². The lowest BCUT2D eigenvalue weighted by Gasteiger charge is -2.31. The summed E-state index contributed by atoms with van der Waals surface area (Å²) in [5, 5.41) is 22.2. The zero-order valence-corrected chi connectivity index (χ0v) is 20.7. The van der Waals surface area contributed by atoms with Gasteiger partial charge in [0.1, 0.15) is 12.4 Å². The van der Waals surface area contributed by atoms with Crippen molar-refractivity contribution in [3.63, 3.8) is 0 Å². The lowest BCUT2D eigenvalue weighted by molar-refractivity contribution is -0.172. The minimum absolute atomic E-state index is 0. The largest absolute Gasteiger partial charge is 0.508 e. The summed E-state index contributed by atoms with van der Waals surface area (Å²) in [6.45, 7) is 5.60. The smallest absolute Gasteiger partial charge is 0.343 e. The number of aliphatic hydroxyl groups is 1. The first kappa shape index (κ1) is 26.0. The van der Waals surface area contributed by atoms with Gasteiger partial charge < -0.3 is 25.3 Å². The topological polar surface area (TPSA) is 128 Å². The average molecular weight is 508 g/mol. The number of phenols is 1. The molecule has 2 aliphatic rings. The van der Waals surface area contributed by atoms with Crippen molar-refractivity contribution in [2.45, 2.75) is 57.9 Å². The van der Waals surface area contributed by atoms with Crippen molar-refractivity contribution in [1.29, 1.82) is 0 Å². The van der Waals surface area contributed by atoms with E-state index >= 15 is 0 Å². The van der Waals surface area contributed by atoms with Crippen molar-refractivity contribution in [3.8, 4) is 17.1 Å². The number of carbonyl (C=O) groups is 1. The number of nitrogens with two attached hydrogens (primary N) is 1. The van der Waals surface area contributed by atoms with Gasteiger partial charge in [-0.3, -0.25) is 4.79 Å². The zero-order valence-electron chi connectivity index (χ0n) is 19.0. The van der Waals surface area contributed by atoms with Crippen molar-refractivity contribution in [2.24, 2.45) is 5.73 Å². The number of hydrogen-bond donors (Lipinski definition) is 3. The maximum absolute atomic E-state index is 13.3. The summed E-state index contributed by atoms with van der Waals surface area (Å²) in [5.41, 5.74) is 7.50. The molecule has 4 N–H and O–H groups in total. The lowest BCUT2D eigenvalue weighted by atomic mass is 9.86. The monoisotopic (exact) mass is 507 g/mol. The molecule has 182 valence electrons. The maximum Gasteiger partial charge on any atom is 0.343 e. The summed E-state index contributed by atoms with van der Waals surface area (Å²) < 4.78 is 6.70. The Balaban J connectivity index is 0.00000162. The van der Waals surface area contributed by atoms with Crippen LogP contribution < -0.4 is 11.3 Å². The number of halogens is 2. The second-order valence-corrected chi connectivity index (χ2v) is 9.39. The van der Waals surface area contributed by atoms with Crippen molar-refractivity contribution < 1.29 is 19.7 Å². The molecule has 0 aliphatic carbocycles. The first-order chi connectivity index (χ1) is 15.0. The number of nitrogens with zero attached hydrogens (tertiary/aromatic N) is 2. The predicted molar refractivity (Wildman–Crippen MR) is 133 cm³/mol. The van der Waals surface area contributed by atoms with E-state index in [2.05, 4.69) is 0 Å².